The van der Waals surface area contributed by atoms with Crippen molar-refractivity contribution in [3.05, 3.63) is 52.4 Å². The van der Waals surface area contributed by atoms with Gasteiger partial charge >= 0.3 is 0 Å². The molecule has 0 aliphatic carbocycles. The van der Waals surface area contributed by atoms with Crippen molar-refractivity contribution in [1.82, 2.24) is 25.1 Å². The van der Waals surface area contributed by atoms with Gasteiger partial charge in [0.05, 0.1) is 24.9 Å². The van der Waals surface area contributed by atoms with Gasteiger partial charge < -0.3 is 14.8 Å². The van der Waals surface area contributed by atoms with Crippen LogP contribution in [-0.2, 0) is 4.74 Å². The average Bonchev–Trinajstić information content (AvgIpc) is 3.27. The molecule has 1 aromatic carbocycles. The van der Waals surface area contributed by atoms with Crippen LogP contribution in [0.4, 0.5) is 5.82 Å². The lowest BCUT2D eigenvalue weighted by atomic mass is 10.1. The molecule has 3 aromatic heterocycles. The zero-order chi connectivity index (χ0) is 22.8. The number of hydrogen-bond acceptors (Lipinski definition) is 9. The van der Waals surface area contributed by atoms with Crippen molar-refractivity contribution < 1.29 is 9.47 Å². The van der Waals surface area contributed by atoms with Crippen LogP contribution in [0, 0.1) is 13.8 Å². The normalized spacial score (nSPS) is 15.5. The van der Waals surface area contributed by atoms with E-state index in [9.17, 15) is 0 Å². The van der Waals surface area contributed by atoms with E-state index in [1.54, 1.807) is 17.7 Å². The Morgan fingerprint density at radius 3 is 2.67 bits per heavy atom. The second-order valence-electron chi connectivity index (χ2n) is 8.27. The Balaban J connectivity index is 1.58. The zero-order valence-electron chi connectivity index (χ0n) is 18.9. The van der Waals surface area contributed by atoms with Crippen molar-refractivity contribution in [2.45, 2.75) is 45.8 Å². The average molecular weight is 463 g/mol. The van der Waals surface area contributed by atoms with Gasteiger partial charge in [-0.15, -0.1) is 10.2 Å². The van der Waals surface area contributed by atoms with Crippen molar-refractivity contribution in [3.8, 4) is 17.0 Å². The highest BCUT2D eigenvalue weighted by molar-refractivity contribution is 7.11. The van der Waals surface area contributed by atoms with Gasteiger partial charge in [-0.3, -0.25) is 4.98 Å². The van der Waals surface area contributed by atoms with Gasteiger partial charge in [0.2, 0.25) is 0 Å². The quantitative estimate of drug-likeness (QED) is 0.433. The number of nitrogens with zero attached hydrogens (tertiary/aromatic N) is 5. The van der Waals surface area contributed by atoms with E-state index >= 15 is 0 Å². The molecule has 1 aliphatic rings. The lowest BCUT2D eigenvalue weighted by Crippen LogP contribution is -2.26. The number of anilines is 1. The van der Waals surface area contributed by atoms with Crippen molar-refractivity contribution in [3.63, 3.8) is 0 Å². The maximum atomic E-state index is 6.46. The maximum absolute atomic E-state index is 6.46. The first-order chi connectivity index (χ1) is 16.1. The highest BCUT2D eigenvalue weighted by Gasteiger charge is 2.20. The van der Waals surface area contributed by atoms with E-state index in [4.69, 9.17) is 9.47 Å². The maximum Gasteiger partial charge on any atom is 0.146 e. The first kappa shape index (κ1) is 21.7. The van der Waals surface area contributed by atoms with Gasteiger partial charge in [0.1, 0.15) is 39.5 Å². The Morgan fingerprint density at radius 2 is 1.94 bits per heavy atom. The number of aryl methyl sites for hydroxylation is 2. The Kier molecular flexibility index (Phi) is 6.15. The molecule has 1 N–H and O–H groups in total. The Bertz CT molecular complexity index is 1250. The number of benzene rings is 1. The van der Waals surface area contributed by atoms with Crippen LogP contribution in [0.15, 0.2) is 36.8 Å². The van der Waals surface area contributed by atoms with Gasteiger partial charge in [0.25, 0.3) is 0 Å². The first-order valence-corrected chi connectivity index (χ1v) is 11.9. The molecule has 1 fully saturated rings. The monoisotopic (exact) mass is 462 g/mol. The highest BCUT2D eigenvalue weighted by Crippen LogP contribution is 2.36. The Morgan fingerprint density at radius 1 is 1.09 bits per heavy atom. The number of hydrogen-bond donors (Lipinski definition) is 1. The molecule has 0 radical (unpaired) electrons. The summed E-state index contributed by atoms with van der Waals surface area (Å²) in [6.45, 7) is 7.46. The highest BCUT2D eigenvalue weighted by atomic mass is 32.1. The van der Waals surface area contributed by atoms with E-state index in [1.807, 2.05) is 32.2 Å². The van der Waals surface area contributed by atoms with E-state index in [0.717, 1.165) is 62.1 Å². The molecule has 170 valence electrons. The molecule has 0 bridgehead atoms. The molecule has 1 aliphatic heterocycles. The van der Waals surface area contributed by atoms with Crippen molar-refractivity contribution in [2.75, 3.05) is 18.5 Å². The van der Waals surface area contributed by atoms with Crippen molar-refractivity contribution in [1.29, 1.82) is 0 Å². The van der Waals surface area contributed by atoms with Gasteiger partial charge in [-0.25, -0.2) is 9.97 Å². The molecule has 9 heteroatoms. The summed E-state index contributed by atoms with van der Waals surface area (Å²) in [4.78, 5) is 13.8. The third kappa shape index (κ3) is 4.79. The summed E-state index contributed by atoms with van der Waals surface area (Å²) < 4.78 is 12.0. The molecule has 1 saturated heterocycles. The summed E-state index contributed by atoms with van der Waals surface area (Å²) >= 11 is 1.57. The van der Waals surface area contributed by atoms with Crippen molar-refractivity contribution >= 4 is 28.1 Å². The minimum atomic E-state index is -0.0460. The Labute approximate surface area is 196 Å². The van der Waals surface area contributed by atoms with Crippen LogP contribution in [0.5, 0.6) is 5.75 Å². The van der Waals surface area contributed by atoms with Crippen LogP contribution in [0.2, 0.25) is 0 Å². The summed E-state index contributed by atoms with van der Waals surface area (Å²) in [5.41, 5.74) is 3.73. The summed E-state index contributed by atoms with van der Waals surface area (Å²) in [7, 11) is 0. The van der Waals surface area contributed by atoms with Crippen molar-refractivity contribution in [2.24, 2.45) is 0 Å². The lowest BCUT2D eigenvalue weighted by molar-refractivity contribution is 0.0261. The second-order valence-corrected chi connectivity index (χ2v) is 9.48. The minimum Gasteiger partial charge on any atom is -0.488 e. The fourth-order valence-electron chi connectivity index (χ4n) is 3.85. The van der Waals surface area contributed by atoms with Crippen LogP contribution in [-0.4, -0.2) is 44.5 Å². The number of aromatic nitrogens is 5. The smallest absolute Gasteiger partial charge is 0.146 e. The predicted molar refractivity (Wildman–Crippen MR) is 129 cm³/mol. The van der Waals surface area contributed by atoms with Crippen LogP contribution < -0.4 is 10.1 Å². The fourth-order valence-corrected chi connectivity index (χ4v) is 4.56. The van der Waals surface area contributed by atoms with Gasteiger partial charge in [0, 0.05) is 30.0 Å². The molecule has 4 heterocycles. The summed E-state index contributed by atoms with van der Waals surface area (Å²) in [6, 6.07) is 8.15. The summed E-state index contributed by atoms with van der Waals surface area (Å²) in [5.74, 6) is 1.47. The number of fused-ring (bicyclic) bond motifs is 1. The Hall–Kier alpha value is -3.17. The van der Waals surface area contributed by atoms with E-state index < -0.39 is 0 Å². The van der Waals surface area contributed by atoms with E-state index in [-0.39, 0.29) is 12.1 Å². The van der Waals surface area contributed by atoms with E-state index in [2.05, 4.69) is 49.5 Å². The number of rotatable bonds is 6. The van der Waals surface area contributed by atoms with Gasteiger partial charge in [-0.1, -0.05) is 17.4 Å². The minimum absolute atomic E-state index is 0.0460. The second kappa shape index (κ2) is 9.36. The number of nitrogens with one attached hydrogen (secondary N) is 1. The standard InChI is InChI=1S/C24H26N6O2S/c1-14-4-5-20(25-12-14)17-10-19-22(21(11-17)32-18-6-8-31-9-7-18)26-13-27-23(19)28-15(2)24-30-29-16(3)33-24/h4-5,10-13,15,18H,6-9H2,1-3H3,(H,26,27,28). The number of ether oxygens (including phenoxy) is 2. The molecule has 1 atom stereocenters. The number of pyridine rings is 1. The summed E-state index contributed by atoms with van der Waals surface area (Å²) in [6.07, 6.45) is 5.26. The molecule has 0 saturated carbocycles. The van der Waals surface area contributed by atoms with Crippen LogP contribution in [0.1, 0.15) is 41.4 Å². The van der Waals surface area contributed by atoms with Gasteiger partial charge in [0.15, 0.2) is 0 Å². The molecular weight excluding hydrogens is 436 g/mol. The molecule has 4 aromatic rings. The van der Waals surface area contributed by atoms with Crippen LogP contribution in [0.25, 0.3) is 22.2 Å². The van der Waals surface area contributed by atoms with E-state index in [1.165, 1.54) is 0 Å². The van der Waals surface area contributed by atoms with Crippen LogP contribution in [0.3, 0.4) is 0 Å². The molecule has 33 heavy (non-hydrogen) atoms. The molecule has 0 spiro atoms. The lowest BCUT2D eigenvalue weighted by Gasteiger charge is -2.24. The SMILES string of the molecule is Cc1ccc(-c2cc(OC3CCOCC3)c3ncnc(NC(C)c4nnc(C)s4)c3c2)nc1. The largest absolute Gasteiger partial charge is 0.488 e. The topological polar surface area (TPSA) is 94.9 Å². The molecule has 1 unspecified atom stereocenters. The summed E-state index contributed by atoms with van der Waals surface area (Å²) in [5, 5.41) is 14.6. The first-order valence-electron chi connectivity index (χ1n) is 11.1. The predicted octanol–water partition coefficient (Wildman–Crippen LogP) is 4.89. The third-order valence-electron chi connectivity index (χ3n) is 5.64. The van der Waals surface area contributed by atoms with Crippen LogP contribution >= 0.6 is 11.3 Å². The van der Waals surface area contributed by atoms with E-state index in [0.29, 0.717) is 13.2 Å². The molecular formula is C24H26N6O2S. The molecule has 8 nitrogen and oxygen atoms in total. The zero-order valence-corrected chi connectivity index (χ0v) is 19.7. The van der Waals surface area contributed by atoms with Gasteiger partial charge in [-0.05, 0) is 44.5 Å². The van der Waals surface area contributed by atoms with Gasteiger partial charge in [-0.2, -0.15) is 0 Å². The fraction of sp³-hybridized carbons (Fsp3) is 0.375. The molecule has 0 amide bonds. The molecule has 5 rings (SSSR count). The third-order valence-corrected chi connectivity index (χ3v) is 6.66.